The monoisotopic (exact) mass is 266 g/mol. The molecule has 0 unspecified atom stereocenters. The molecule has 0 spiro atoms. The first-order valence-electron chi connectivity index (χ1n) is 7.07. The number of aromatic nitrogens is 2. The van der Waals surface area contributed by atoms with Gasteiger partial charge in [-0.2, -0.15) is 11.8 Å². The molecule has 102 valence electrons. The molecule has 0 fully saturated rings. The fourth-order valence-electron chi connectivity index (χ4n) is 2.01. The van der Waals surface area contributed by atoms with Crippen molar-refractivity contribution in [2.24, 2.45) is 0 Å². The summed E-state index contributed by atoms with van der Waals surface area (Å²) in [5.41, 5.74) is 4.00. The van der Waals surface area contributed by atoms with Crippen LogP contribution in [-0.2, 0) is 12.2 Å². The van der Waals surface area contributed by atoms with Gasteiger partial charge in [0.05, 0.1) is 5.69 Å². The van der Waals surface area contributed by atoms with E-state index in [4.69, 9.17) is 9.97 Å². The van der Waals surface area contributed by atoms with Gasteiger partial charge < -0.3 is 0 Å². The maximum absolute atomic E-state index is 4.76. The molecule has 2 nitrogen and oxygen atoms in total. The molecule has 0 saturated carbocycles. The zero-order valence-corrected chi connectivity index (χ0v) is 13.4. The van der Waals surface area contributed by atoms with E-state index in [0.717, 1.165) is 18.0 Å². The lowest BCUT2D eigenvalue weighted by Crippen LogP contribution is -2.15. The van der Waals surface area contributed by atoms with Gasteiger partial charge in [-0.3, -0.25) is 0 Å². The lowest BCUT2D eigenvalue weighted by Gasteiger charge is -2.21. The summed E-state index contributed by atoms with van der Waals surface area (Å²) < 4.78 is 0. The molecule has 0 radical (unpaired) electrons. The molecular weight excluding hydrogens is 240 g/mol. The van der Waals surface area contributed by atoms with Gasteiger partial charge in [-0.25, -0.2) is 9.97 Å². The Morgan fingerprint density at radius 2 is 1.67 bits per heavy atom. The summed E-state index contributed by atoms with van der Waals surface area (Å²) >= 11 is 2.00. The van der Waals surface area contributed by atoms with Crippen molar-refractivity contribution in [1.29, 1.82) is 0 Å². The first-order chi connectivity index (χ1) is 8.59. The predicted octanol–water partition coefficient (Wildman–Crippen LogP) is 4.54. The normalized spacial score (nSPS) is 14.2. The highest BCUT2D eigenvalue weighted by Crippen LogP contribution is 2.30. The first-order valence-corrected chi connectivity index (χ1v) is 8.22. The minimum atomic E-state index is 0.428. The summed E-state index contributed by atoms with van der Waals surface area (Å²) in [6.07, 6.45) is 1.11. The standard InChI is InChI=1S/C13H20N2S.C2H6/c1-8(2)12-10-7-16-6-5-11(10)14-13(15-12)9(3)4;1-2/h8-9H,5-7H2,1-4H3;1-2H3. The molecule has 0 aliphatic carbocycles. The Morgan fingerprint density at radius 3 is 2.22 bits per heavy atom. The van der Waals surface area contributed by atoms with Crippen LogP contribution in [0, 0.1) is 0 Å². The fraction of sp³-hybridized carbons (Fsp3) is 0.733. The highest BCUT2D eigenvalue weighted by Gasteiger charge is 2.20. The number of nitrogens with zero attached hydrogens (tertiary/aromatic N) is 2. The maximum Gasteiger partial charge on any atom is 0.131 e. The van der Waals surface area contributed by atoms with E-state index in [2.05, 4.69) is 27.7 Å². The van der Waals surface area contributed by atoms with Gasteiger partial charge in [-0.05, 0) is 18.1 Å². The summed E-state index contributed by atoms with van der Waals surface area (Å²) in [7, 11) is 0. The minimum Gasteiger partial charge on any atom is -0.237 e. The predicted molar refractivity (Wildman–Crippen MR) is 81.4 cm³/mol. The van der Waals surface area contributed by atoms with Crippen LogP contribution in [-0.4, -0.2) is 15.7 Å². The Hall–Kier alpha value is -0.570. The summed E-state index contributed by atoms with van der Waals surface area (Å²) in [6, 6.07) is 0. The summed E-state index contributed by atoms with van der Waals surface area (Å²) in [5, 5.41) is 0. The van der Waals surface area contributed by atoms with Crippen LogP contribution in [0.2, 0.25) is 0 Å². The van der Waals surface area contributed by atoms with Gasteiger partial charge >= 0.3 is 0 Å². The SMILES string of the molecule is CC.CC(C)c1nc2c(c(C(C)C)n1)CSCC2. The van der Waals surface area contributed by atoms with Gasteiger partial charge in [-0.1, -0.05) is 41.5 Å². The highest BCUT2D eigenvalue weighted by molar-refractivity contribution is 7.98. The molecule has 1 aromatic rings. The van der Waals surface area contributed by atoms with E-state index in [1.807, 2.05) is 25.6 Å². The topological polar surface area (TPSA) is 25.8 Å². The molecule has 1 aromatic heterocycles. The Balaban J connectivity index is 0.000000771. The molecule has 0 bridgehead atoms. The Morgan fingerprint density at radius 1 is 1.00 bits per heavy atom. The molecule has 0 N–H and O–H groups in total. The van der Waals surface area contributed by atoms with Crippen molar-refractivity contribution in [2.75, 3.05) is 5.75 Å². The van der Waals surface area contributed by atoms with Crippen LogP contribution in [0.3, 0.4) is 0 Å². The summed E-state index contributed by atoms with van der Waals surface area (Å²) in [4.78, 5) is 9.49. The number of fused-ring (bicyclic) bond motifs is 1. The van der Waals surface area contributed by atoms with Crippen LogP contribution in [0.5, 0.6) is 0 Å². The molecule has 0 aromatic carbocycles. The molecule has 2 heterocycles. The quantitative estimate of drug-likeness (QED) is 0.786. The molecule has 0 saturated heterocycles. The number of thioether (sulfide) groups is 1. The van der Waals surface area contributed by atoms with Crippen LogP contribution >= 0.6 is 11.8 Å². The first kappa shape index (κ1) is 15.5. The molecule has 3 heteroatoms. The molecule has 0 atom stereocenters. The molecular formula is C15H26N2S. The van der Waals surface area contributed by atoms with Crippen molar-refractivity contribution in [1.82, 2.24) is 9.97 Å². The maximum atomic E-state index is 4.76. The second-order valence-electron chi connectivity index (χ2n) is 5.00. The van der Waals surface area contributed by atoms with E-state index in [9.17, 15) is 0 Å². The average molecular weight is 266 g/mol. The Kier molecular flexibility index (Phi) is 6.13. The van der Waals surface area contributed by atoms with Gasteiger partial charge in [0, 0.05) is 22.9 Å². The third-order valence-electron chi connectivity index (χ3n) is 2.93. The molecule has 2 rings (SSSR count). The van der Waals surface area contributed by atoms with Crippen molar-refractivity contribution < 1.29 is 0 Å². The van der Waals surface area contributed by atoms with Crippen molar-refractivity contribution in [3.8, 4) is 0 Å². The van der Waals surface area contributed by atoms with Crippen molar-refractivity contribution in [2.45, 2.75) is 65.6 Å². The van der Waals surface area contributed by atoms with Crippen LogP contribution in [0.25, 0.3) is 0 Å². The summed E-state index contributed by atoms with van der Waals surface area (Å²) in [5.74, 6) is 4.26. The number of hydrogen-bond acceptors (Lipinski definition) is 3. The van der Waals surface area contributed by atoms with Crippen LogP contribution in [0.4, 0.5) is 0 Å². The lowest BCUT2D eigenvalue weighted by molar-refractivity contribution is 0.703. The second kappa shape index (κ2) is 7.13. The van der Waals surface area contributed by atoms with E-state index in [0.29, 0.717) is 11.8 Å². The average Bonchev–Trinajstić information content (AvgIpc) is 2.39. The number of hydrogen-bond donors (Lipinski definition) is 0. The number of aryl methyl sites for hydroxylation is 1. The van der Waals surface area contributed by atoms with Crippen LogP contribution < -0.4 is 0 Å². The van der Waals surface area contributed by atoms with E-state index < -0.39 is 0 Å². The van der Waals surface area contributed by atoms with Gasteiger partial charge in [0.25, 0.3) is 0 Å². The highest BCUT2D eigenvalue weighted by atomic mass is 32.2. The van der Waals surface area contributed by atoms with E-state index in [1.165, 1.54) is 22.7 Å². The van der Waals surface area contributed by atoms with E-state index in [1.54, 1.807) is 0 Å². The zero-order valence-electron chi connectivity index (χ0n) is 12.6. The number of rotatable bonds is 2. The molecule has 1 aliphatic rings. The molecule has 0 amide bonds. The van der Waals surface area contributed by atoms with E-state index >= 15 is 0 Å². The van der Waals surface area contributed by atoms with Crippen LogP contribution in [0.15, 0.2) is 0 Å². The van der Waals surface area contributed by atoms with Gasteiger partial charge in [0.2, 0.25) is 0 Å². The van der Waals surface area contributed by atoms with Crippen molar-refractivity contribution in [3.63, 3.8) is 0 Å². The van der Waals surface area contributed by atoms with Crippen molar-refractivity contribution >= 4 is 11.8 Å². The Bertz CT molecular complexity index is 386. The summed E-state index contributed by atoms with van der Waals surface area (Å²) in [6.45, 7) is 12.8. The molecule has 1 aliphatic heterocycles. The lowest BCUT2D eigenvalue weighted by atomic mass is 10.0. The van der Waals surface area contributed by atoms with Crippen LogP contribution in [0.1, 0.15) is 76.2 Å². The smallest absolute Gasteiger partial charge is 0.131 e. The fourth-order valence-corrected chi connectivity index (χ4v) is 3.01. The molecule has 18 heavy (non-hydrogen) atoms. The third-order valence-corrected chi connectivity index (χ3v) is 3.92. The van der Waals surface area contributed by atoms with E-state index in [-0.39, 0.29) is 0 Å². The Labute approximate surface area is 116 Å². The second-order valence-corrected chi connectivity index (χ2v) is 6.11. The van der Waals surface area contributed by atoms with Gasteiger partial charge in [-0.15, -0.1) is 0 Å². The van der Waals surface area contributed by atoms with Gasteiger partial charge in [0.1, 0.15) is 5.82 Å². The largest absolute Gasteiger partial charge is 0.237 e. The zero-order chi connectivity index (χ0) is 13.7. The third kappa shape index (κ3) is 3.47. The van der Waals surface area contributed by atoms with Crippen molar-refractivity contribution in [3.05, 3.63) is 22.8 Å². The van der Waals surface area contributed by atoms with Gasteiger partial charge in [0.15, 0.2) is 0 Å². The minimum absolute atomic E-state index is 0.428.